The van der Waals surface area contributed by atoms with Crippen LogP contribution in [0.25, 0.3) is 0 Å². The zero-order chi connectivity index (χ0) is 29.8. The van der Waals surface area contributed by atoms with Crippen LogP contribution in [0.3, 0.4) is 0 Å². The lowest BCUT2D eigenvalue weighted by Gasteiger charge is -2.36. The van der Waals surface area contributed by atoms with Gasteiger partial charge in [0, 0.05) is 24.1 Å². The van der Waals surface area contributed by atoms with E-state index >= 15 is 0 Å². The predicted octanol–water partition coefficient (Wildman–Crippen LogP) is 4.31. The maximum atomic E-state index is 14.1. The van der Waals surface area contributed by atoms with E-state index < -0.39 is 47.0 Å². The number of unbranched alkanes of at least 4 members (excludes halogenated alkanes) is 4. The SMILES string of the molecule is CCCCCCCN(C(=O)C(CCC(N)=O)NC(=O)OC(C)(C)C)C(C(=O)NC(C)(C)C)c1ccccc1O. The van der Waals surface area contributed by atoms with Crippen molar-refractivity contribution in [3.8, 4) is 5.75 Å². The van der Waals surface area contributed by atoms with Crippen molar-refractivity contribution in [1.82, 2.24) is 15.5 Å². The fourth-order valence-electron chi connectivity index (χ4n) is 4.05. The molecule has 0 aliphatic rings. The van der Waals surface area contributed by atoms with Crippen LogP contribution in [-0.2, 0) is 19.1 Å². The number of benzene rings is 1. The molecular formula is C29H48N4O6. The van der Waals surface area contributed by atoms with Crippen molar-refractivity contribution < 1.29 is 29.0 Å². The minimum absolute atomic E-state index is 0.0753. The Hall–Kier alpha value is -3.30. The van der Waals surface area contributed by atoms with Gasteiger partial charge < -0.3 is 31.1 Å². The Morgan fingerprint density at radius 2 is 1.62 bits per heavy atom. The third kappa shape index (κ3) is 12.9. The molecule has 2 unspecified atom stereocenters. The summed E-state index contributed by atoms with van der Waals surface area (Å²) in [4.78, 5) is 53.4. The van der Waals surface area contributed by atoms with E-state index in [-0.39, 0.29) is 30.7 Å². The molecule has 1 aromatic carbocycles. The highest BCUT2D eigenvalue weighted by atomic mass is 16.6. The minimum atomic E-state index is -1.18. The van der Waals surface area contributed by atoms with E-state index in [1.54, 1.807) is 39.0 Å². The van der Waals surface area contributed by atoms with Crippen LogP contribution in [0, 0.1) is 0 Å². The van der Waals surface area contributed by atoms with E-state index in [9.17, 15) is 24.3 Å². The number of para-hydroxylation sites is 1. The van der Waals surface area contributed by atoms with Crippen LogP contribution in [0.2, 0.25) is 0 Å². The second-order valence-electron chi connectivity index (χ2n) is 11.9. The maximum Gasteiger partial charge on any atom is 0.408 e. The van der Waals surface area contributed by atoms with Gasteiger partial charge in [-0.25, -0.2) is 4.79 Å². The molecule has 0 radical (unpaired) electrons. The molecule has 4 amide bonds. The number of aromatic hydroxyl groups is 1. The van der Waals surface area contributed by atoms with Crippen LogP contribution < -0.4 is 16.4 Å². The second kappa shape index (κ2) is 15.3. The number of phenolic OH excluding ortho intramolecular Hbond substituents is 1. The normalized spacial score (nSPS) is 13.2. The molecule has 2 atom stereocenters. The Kier molecular flexibility index (Phi) is 13.3. The van der Waals surface area contributed by atoms with Crippen LogP contribution in [0.15, 0.2) is 24.3 Å². The summed E-state index contributed by atoms with van der Waals surface area (Å²) >= 11 is 0. The monoisotopic (exact) mass is 548 g/mol. The van der Waals surface area contributed by atoms with Crippen molar-refractivity contribution in [3.63, 3.8) is 0 Å². The summed E-state index contributed by atoms with van der Waals surface area (Å²) in [6, 6.07) is 4.01. The first-order valence-electron chi connectivity index (χ1n) is 13.7. The van der Waals surface area contributed by atoms with Gasteiger partial charge in [0.05, 0.1) is 0 Å². The maximum absolute atomic E-state index is 14.1. The number of carbonyl (C=O) groups excluding carboxylic acids is 4. The molecule has 5 N–H and O–H groups in total. The molecule has 0 spiro atoms. The zero-order valence-corrected chi connectivity index (χ0v) is 24.6. The topological polar surface area (TPSA) is 151 Å². The van der Waals surface area contributed by atoms with Crippen molar-refractivity contribution in [2.24, 2.45) is 5.73 Å². The lowest BCUT2D eigenvalue weighted by atomic mass is 9.98. The third-order valence-electron chi connectivity index (χ3n) is 5.74. The van der Waals surface area contributed by atoms with Crippen molar-refractivity contribution in [2.45, 2.75) is 117 Å². The van der Waals surface area contributed by atoms with E-state index in [1.165, 1.54) is 11.0 Å². The highest BCUT2D eigenvalue weighted by Gasteiger charge is 2.38. The first kappa shape index (κ1) is 33.7. The lowest BCUT2D eigenvalue weighted by Crippen LogP contribution is -2.55. The fraction of sp³-hybridized carbons (Fsp3) is 0.655. The summed E-state index contributed by atoms with van der Waals surface area (Å²) in [6.45, 7) is 12.9. The van der Waals surface area contributed by atoms with Gasteiger partial charge in [0.15, 0.2) is 0 Å². The molecule has 0 aliphatic heterocycles. The van der Waals surface area contributed by atoms with Crippen molar-refractivity contribution in [3.05, 3.63) is 29.8 Å². The highest BCUT2D eigenvalue weighted by Crippen LogP contribution is 2.31. The van der Waals surface area contributed by atoms with Gasteiger partial charge in [-0.2, -0.15) is 0 Å². The standard InChI is InChI=1S/C29H48N4O6/c1-8-9-10-11-14-19-33(24(25(36)32-28(2,3)4)20-15-12-13-16-22(20)34)26(37)21(17-18-23(30)35)31-27(38)39-29(5,6)7/h12-13,15-16,21,24,34H,8-11,14,17-19H2,1-7H3,(H2,30,35)(H,31,38)(H,32,36). The Bertz CT molecular complexity index is 967. The van der Waals surface area contributed by atoms with E-state index in [0.717, 1.165) is 25.7 Å². The Labute approximate surface area is 233 Å². The molecule has 0 fully saturated rings. The van der Waals surface area contributed by atoms with Crippen LogP contribution >= 0.6 is 0 Å². The number of nitrogens with one attached hydrogen (secondary N) is 2. The smallest absolute Gasteiger partial charge is 0.408 e. The van der Waals surface area contributed by atoms with E-state index in [1.807, 2.05) is 20.8 Å². The Morgan fingerprint density at radius 1 is 1.00 bits per heavy atom. The molecule has 39 heavy (non-hydrogen) atoms. The van der Waals surface area contributed by atoms with Gasteiger partial charge in [-0.05, 0) is 60.5 Å². The van der Waals surface area contributed by atoms with E-state index in [2.05, 4.69) is 17.6 Å². The van der Waals surface area contributed by atoms with Crippen molar-refractivity contribution in [1.29, 1.82) is 0 Å². The molecule has 10 nitrogen and oxygen atoms in total. The van der Waals surface area contributed by atoms with Crippen LogP contribution in [-0.4, -0.2) is 57.5 Å². The minimum Gasteiger partial charge on any atom is -0.508 e. The Balaban J connectivity index is 3.54. The van der Waals surface area contributed by atoms with Gasteiger partial charge in [0.2, 0.25) is 17.7 Å². The van der Waals surface area contributed by atoms with Gasteiger partial charge >= 0.3 is 6.09 Å². The molecule has 1 rings (SSSR count). The quantitative estimate of drug-likeness (QED) is 0.254. The molecule has 220 valence electrons. The molecule has 0 bridgehead atoms. The van der Waals surface area contributed by atoms with Gasteiger partial charge in [0.25, 0.3) is 0 Å². The molecule has 0 saturated heterocycles. The number of hydrogen-bond donors (Lipinski definition) is 4. The molecule has 0 saturated carbocycles. The average Bonchev–Trinajstić information content (AvgIpc) is 2.79. The average molecular weight is 549 g/mol. The molecule has 10 heteroatoms. The molecule has 0 aliphatic carbocycles. The summed E-state index contributed by atoms with van der Waals surface area (Å²) in [5, 5.41) is 16.2. The molecular weight excluding hydrogens is 500 g/mol. The van der Waals surface area contributed by atoms with Crippen LogP contribution in [0.4, 0.5) is 4.79 Å². The first-order valence-corrected chi connectivity index (χ1v) is 13.7. The predicted molar refractivity (Wildman–Crippen MR) is 151 cm³/mol. The van der Waals surface area contributed by atoms with E-state index in [0.29, 0.717) is 6.42 Å². The van der Waals surface area contributed by atoms with Crippen LogP contribution in [0.5, 0.6) is 5.75 Å². The number of hydrogen-bond acceptors (Lipinski definition) is 6. The number of rotatable bonds is 14. The number of nitrogens with zero attached hydrogens (tertiary/aromatic N) is 1. The number of nitrogens with two attached hydrogens (primary N) is 1. The summed E-state index contributed by atoms with van der Waals surface area (Å²) in [6.07, 6.45) is 3.43. The summed E-state index contributed by atoms with van der Waals surface area (Å²) < 4.78 is 5.35. The van der Waals surface area contributed by atoms with Gasteiger partial charge in [0.1, 0.15) is 23.4 Å². The summed E-state index contributed by atoms with van der Waals surface area (Å²) in [5.41, 5.74) is 4.19. The number of phenols is 1. The number of amides is 4. The molecule has 0 heterocycles. The molecule has 0 aromatic heterocycles. The molecule has 1 aromatic rings. The summed E-state index contributed by atoms with van der Waals surface area (Å²) in [5.74, 6) is -1.82. The van der Waals surface area contributed by atoms with Gasteiger partial charge in [-0.3, -0.25) is 14.4 Å². The van der Waals surface area contributed by atoms with Gasteiger partial charge in [-0.15, -0.1) is 0 Å². The van der Waals surface area contributed by atoms with Crippen molar-refractivity contribution >= 4 is 23.8 Å². The first-order chi connectivity index (χ1) is 18.1. The number of ether oxygens (including phenoxy) is 1. The highest BCUT2D eigenvalue weighted by molar-refractivity contribution is 5.93. The number of primary amides is 1. The Morgan fingerprint density at radius 3 is 2.15 bits per heavy atom. The number of alkyl carbamates (subject to hydrolysis) is 1. The lowest BCUT2D eigenvalue weighted by molar-refractivity contribution is -0.143. The zero-order valence-electron chi connectivity index (χ0n) is 24.6. The second-order valence-corrected chi connectivity index (χ2v) is 11.9. The largest absolute Gasteiger partial charge is 0.508 e. The third-order valence-corrected chi connectivity index (χ3v) is 5.74. The number of carbonyl (C=O) groups is 4. The van der Waals surface area contributed by atoms with Crippen molar-refractivity contribution in [2.75, 3.05) is 6.54 Å². The van der Waals surface area contributed by atoms with Gasteiger partial charge in [-0.1, -0.05) is 50.8 Å². The van der Waals surface area contributed by atoms with Crippen LogP contribution in [0.1, 0.15) is 105 Å². The van der Waals surface area contributed by atoms with E-state index in [4.69, 9.17) is 10.5 Å². The fourth-order valence-corrected chi connectivity index (χ4v) is 4.05. The summed E-state index contributed by atoms with van der Waals surface area (Å²) in [7, 11) is 0.